The van der Waals surface area contributed by atoms with Gasteiger partial charge >= 0.3 is 0 Å². The van der Waals surface area contributed by atoms with Gasteiger partial charge in [0.15, 0.2) is 0 Å². The SMILES string of the molecule is CCCCc1ccc(CN2CCc3nc(C)[nH]c(=O)c3C2)cc1. The number of aryl methyl sites for hydroxylation is 2. The number of hydrogen-bond donors (Lipinski definition) is 1. The van der Waals surface area contributed by atoms with Crippen molar-refractivity contribution < 1.29 is 0 Å². The Balaban J connectivity index is 1.66. The normalized spacial score (nSPS) is 14.7. The molecule has 2 heterocycles. The molecule has 0 saturated carbocycles. The number of aromatic amines is 1. The summed E-state index contributed by atoms with van der Waals surface area (Å²) in [5.74, 6) is 0.713. The Morgan fingerprint density at radius 3 is 2.70 bits per heavy atom. The average Bonchev–Trinajstić information content (AvgIpc) is 2.55. The van der Waals surface area contributed by atoms with Crippen LogP contribution in [-0.2, 0) is 25.9 Å². The van der Waals surface area contributed by atoms with Crippen LogP contribution in [0.4, 0.5) is 0 Å². The molecule has 0 radical (unpaired) electrons. The zero-order chi connectivity index (χ0) is 16.2. The topological polar surface area (TPSA) is 49.0 Å². The first-order valence-corrected chi connectivity index (χ1v) is 8.54. The van der Waals surface area contributed by atoms with Gasteiger partial charge in [0.1, 0.15) is 5.82 Å². The van der Waals surface area contributed by atoms with Crippen LogP contribution in [0.2, 0.25) is 0 Å². The molecule has 3 rings (SSSR count). The van der Waals surface area contributed by atoms with Crippen molar-refractivity contribution in [2.75, 3.05) is 6.54 Å². The summed E-state index contributed by atoms with van der Waals surface area (Å²) in [5.41, 5.74) is 4.55. The van der Waals surface area contributed by atoms with Gasteiger partial charge < -0.3 is 4.98 Å². The minimum Gasteiger partial charge on any atom is -0.310 e. The van der Waals surface area contributed by atoms with Gasteiger partial charge in [-0.15, -0.1) is 0 Å². The van der Waals surface area contributed by atoms with Gasteiger partial charge in [-0.25, -0.2) is 4.98 Å². The van der Waals surface area contributed by atoms with Crippen molar-refractivity contribution >= 4 is 0 Å². The number of H-pyrrole nitrogens is 1. The maximum Gasteiger partial charge on any atom is 0.255 e. The van der Waals surface area contributed by atoms with E-state index in [4.69, 9.17) is 0 Å². The standard InChI is InChI=1S/C19H25N3O/c1-3-4-5-15-6-8-16(9-7-15)12-22-11-10-18-17(13-22)19(23)21-14(2)20-18/h6-9H,3-5,10-13H2,1-2H3,(H,20,21,23). The van der Waals surface area contributed by atoms with Crippen LogP contribution in [0.25, 0.3) is 0 Å². The van der Waals surface area contributed by atoms with E-state index in [1.807, 2.05) is 6.92 Å². The number of aromatic nitrogens is 2. The van der Waals surface area contributed by atoms with Gasteiger partial charge in [0.25, 0.3) is 5.56 Å². The monoisotopic (exact) mass is 311 g/mol. The number of nitrogens with one attached hydrogen (secondary N) is 1. The van der Waals surface area contributed by atoms with Crippen molar-refractivity contribution in [1.82, 2.24) is 14.9 Å². The molecular formula is C19H25N3O. The van der Waals surface area contributed by atoms with Crippen molar-refractivity contribution in [3.05, 3.63) is 62.8 Å². The van der Waals surface area contributed by atoms with E-state index in [-0.39, 0.29) is 5.56 Å². The Kier molecular flexibility index (Phi) is 4.91. The number of rotatable bonds is 5. The Morgan fingerprint density at radius 2 is 1.96 bits per heavy atom. The Bertz CT molecular complexity index is 718. The van der Waals surface area contributed by atoms with E-state index in [1.165, 1.54) is 24.0 Å². The van der Waals surface area contributed by atoms with E-state index in [2.05, 4.69) is 46.1 Å². The van der Waals surface area contributed by atoms with Crippen LogP contribution in [-0.4, -0.2) is 21.4 Å². The fourth-order valence-electron chi connectivity index (χ4n) is 3.19. The number of benzene rings is 1. The predicted molar refractivity (Wildman–Crippen MR) is 92.5 cm³/mol. The molecule has 23 heavy (non-hydrogen) atoms. The zero-order valence-electron chi connectivity index (χ0n) is 14.1. The molecule has 0 spiro atoms. The second kappa shape index (κ2) is 7.09. The summed E-state index contributed by atoms with van der Waals surface area (Å²) in [7, 11) is 0. The van der Waals surface area contributed by atoms with Crippen molar-refractivity contribution in [3.8, 4) is 0 Å². The molecule has 1 aliphatic heterocycles. The maximum absolute atomic E-state index is 12.1. The average molecular weight is 311 g/mol. The Labute approximate surface area is 137 Å². The van der Waals surface area contributed by atoms with E-state index in [0.717, 1.165) is 37.2 Å². The van der Waals surface area contributed by atoms with Crippen molar-refractivity contribution in [3.63, 3.8) is 0 Å². The van der Waals surface area contributed by atoms with Crippen LogP contribution in [0.1, 0.15) is 48.0 Å². The van der Waals surface area contributed by atoms with Crippen LogP contribution in [0, 0.1) is 6.92 Å². The minimum absolute atomic E-state index is 0.0205. The van der Waals surface area contributed by atoms with Crippen LogP contribution in [0.15, 0.2) is 29.1 Å². The quantitative estimate of drug-likeness (QED) is 0.923. The lowest BCUT2D eigenvalue weighted by Crippen LogP contribution is -2.35. The maximum atomic E-state index is 12.1. The third kappa shape index (κ3) is 3.88. The highest BCUT2D eigenvalue weighted by Crippen LogP contribution is 2.17. The highest BCUT2D eigenvalue weighted by atomic mass is 16.1. The van der Waals surface area contributed by atoms with E-state index >= 15 is 0 Å². The number of fused-ring (bicyclic) bond motifs is 1. The molecule has 0 aliphatic carbocycles. The summed E-state index contributed by atoms with van der Waals surface area (Å²) in [4.78, 5) is 21.7. The molecule has 0 saturated heterocycles. The first-order valence-electron chi connectivity index (χ1n) is 8.54. The predicted octanol–water partition coefficient (Wildman–Crippen LogP) is 2.98. The molecular weight excluding hydrogens is 286 g/mol. The van der Waals surface area contributed by atoms with Gasteiger partial charge in [-0.2, -0.15) is 0 Å². The fourth-order valence-corrected chi connectivity index (χ4v) is 3.19. The second-order valence-electron chi connectivity index (χ2n) is 6.46. The van der Waals surface area contributed by atoms with Crippen molar-refractivity contribution in [2.45, 2.75) is 52.6 Å². The molecule has 0 amide bonds. The third-order valence-corrected chi connectivity index (χ3v) is 4.51. The molecule has 4 nitrogen and oxygen atoms in total. The highest BCUT2D eigenvalue weighted by Gasteiger charge is 2.20. The summed E-state index contributed by atoms with van der Waals surface area (Å²) in [6.07, 6.45) is 4.50. The molecule has 1 N–H and O–H groups in total. The van der Waals surface area contributed by atoms with Crippen LogP contribution < -0.4 is 5.56 Å². The lowest BCUT2D eigenvalue weighted by molar-refractivity contribution is 0.241. The summed E-state index contributed by atoms with van der Waals surface area (Å²) < 4.78 is 0. The molecule has 0 bridgehead atoms. The highest BCUT2D eigenvalue weighted by molar-refractivity contribution is 5.24. The first kappa shape index (κ1) is 15.9. The summed E-state index contributed by atoms with van der Waals surface area (Å²) >= 11 is 0. The van der Waals surface area contributed by atoms with Crippen LogP contribution in [0.3, 0.4) is 0 Å². The molecule has 1 aromatic heterocycles. The van der Waals surface area contributed by atoms with Gasteiger partial charge in [0.05, 0.1) is 11.3 Å². The van der Waals surface area contributed by atoms with Gasteiger partial charge in [0, 0.05) is 26.1 Å². The molecule has 1 aromatic carbocycles. The van der Waals surface area contributed by atoms with Crippen molar-refractivity contribution in [1.29, 1.82) is 0 Å². The lowest BCUT2D eigenvalue weighted by atomic mass is 10.0. The van der Waals surface area contributed by atoms with E-state index < -0.39 is 0 Å². The first-order chi connectivity index (χ1) is 11.2. The van der Waals surface area contributed by atoms with E-state index in [0.29, 0.717) is 12.4 Å². The second-order valence-corrected chi connectivity index (χ2v) is 6.46. The van der Waals surface area contributed by atoms with E-state index in [1.54, 1.807) is 0 Å². The summed E-state index contributed by atoms with van der Waals surface area (Å²) in [6.45, 7) is 6.60. The molecule has 0 unspecified atom stereocenters. The molecule has 1 aliphatic rings. The number of hydrogen-bond acceptors (Lipinski definition) is 3. The van der Waals surface area contributed by atoms with Gasteiger partial charge in [-0.3, -0.25) is 9.69 Å². The Hall–Kier alpha value is -1.94. The molecule has 2 aromatic rings. The molecule has 4 heteroatoms. The van der Waals surface area contributed by atoms with Gasteiger partial charge in [-0.05, 0) is 30.9 Å². The minimum atomic E-state index is 0.0205. The summed E-state index contributed by atoms with van der Waals surface area (Å²) in [6, 6.07) is 8.91. The third-order valence-electron chi connectivity index (χ3n) is 4.51. The molecule has 122 valence electrons. The lowest BCUT2D eigenvalue weighted by Gasteiger charge is -2.27. The molecule has 0 atom stereocenters. The molecule has 0 fully saturated rings. The number of unbranched alkanes of at least 4 members (excludes halogenated alkanes) is 1. The fraction of sp³-hybridized carbons (Fsp3) is 0.474. The summed E-state index contributed by atoms with van der Waals surface area (Å²) in [5, 5.41) is 0. The smallest absolute Gasteiger partial charge is 0.255 e. The van der Waals surface area contributed by atoms with E-state index in [9.17, 15) is 4.79 Å². The van der Waals surface area contributed by atoms with Crippen LogP contribution >= 0.6 is 0 Å². The number of nitrogens with zero attached hydrogens (tertiary/aromatic N) is 2. The van der Waals surface area contributed by atoms with Crippen molar-refractivity contribution in [2.24, 2.45) is 0 Å². The van der Waals surface area contributed by atoms with Gasteiger partial charge in [0.2, 0.25) is 0 Å². The van der Waals surface area contributed by atoms with Crippen LogP contribution in [0.5, 0.6) is 0 Å². The Morgan fingerprint density at radius 1 is 1.22 bits per heavy atom. The largest absolute Gasteiger partial charge is 0.310 e. The zero-order valence-corrected chi connectivity index (χ0v) is 14.1. The van der Waals surface area contributed by atoms with Gasteiger partial charge in [-0.1, -0.05) is 37.6 Å².